The number of benzene rings is 2. The third-order valence-electron chi connectivity index (χ3n) is 3.13. The van der Waals surface area contributed by atoms with E-state index in [1.54, 1.807) is 31.5 Å². The Morgan fingerprint density at radius 3 is 2.52 bits per heavy atom. The number of hydrogen-bond acceptors (Lipinski definition) is 5. The van der Waals surface area contributed by atoms with Crippen molar-refractivity contribution in [2.24, 2.45) is 0 Å². The summed E-state index contributed by atoms with van der Waals surface area (Å²) in [4.78, 5) is 8.65. The van der Waals surface area contributed by atoms with E-state index < -0.39 is 0 Å². The summed E-state index contributed by atoms with van der Waals surface area (Å²) in [5.74, 6) is 1.91. The Bertz CT molecular complexity index is 793. The van der Waals surface area contributed by atoms with Gasteiger partial charge in [0.2, 0.25) is 5.95 Å². The lowest BCUT2D eigenvalue weighted by Crippen LogP contribution is -2.01. The molecule has 0 atom stereocenters. The van der Waals surface area contributed by atoms with Gasteiger partial charge in [-0.3, -0.25) is 0 Å². The Labute approximate surface area is 139 Å². The molecule has 0 fully saturated rings. The molecule has 0 amide bonds. The highest BCUT2D eigenvalue weighted by atomic mass is 35.5. The molecule has 0 aliphatic heterocycles. The minimum absolute atomic E-state index is 0.493. The van der Waals surface area contributed by atoms with Crippen molar-refractivity contribution in [1.82, 2.24) is 9.97 Å². The lowest BCUT2D eigenvalue weighted by atomic mass is 10.3. The van der Waals surface area contributed by atoms with Crippen LogP contribution in [0.1, 0.15) is 0 Å². The van der Waals surface area contributed by atoms with Crippen LogP contribution in [0.25, 0.3) is 0 Å². The maximum absolute atomic E-state index is 5.88. The van der Waals surface area contributed by atoms with Gasteiger partial charge < -0.3 is 15.4 Å². The molecular formula is C17H15ClN4O. The first-order valence-electron chi connectivity index (χ1n) is 7.00. The van der Waals surface area contributed by atoms with Crippen LogP contribution in [0, 0.1) is 0 Å². The van der Waals surface area contributed by atoms with Gasteiger partial charge in [-0.05, 0) is 42.5 Å². The van der Waals surface area contributed by atoms with E-state index in [1.165, 1.54) is 0 Å². The van der Waals surface area contributed by atoms with Crippen LogP contribution in [-0.4, -0.2) is 17.1 Å². The van der Waals surface area contributed by atoms with E-state index in [-0.39, 0.29) is 0 Å². The van der Waals surface area contributed by atoms with Gasteiger partial charge in [-0.2, -0.15) is 4.98 Å². The maximum Gasteiger partial charge on any atom is 0.229 e. The van der Waals surface area contributed by atoms with Crippen molar-refractivity contribution in [3.8, 4) is 5.75 Å². The fraction of sp³-hybridized carbons (Fsp3) is 0.0588. The molecule has 0 radical (unpaired) electrons. The van der Waals surface area contributed by atoms with Crippen LogP contribution in [0.5, 0.6) is 5.75 Å². The third kappa shape index (κ3) is 3.90. The van der Waals surface area contributed by atoms with Crippen molar-refractivity contribution in [2.45, 2.75) is 0 Å². The second-order valence-corrected chi connectivity index (χ2v) is 5.16. The minimum atomic E-state index is 0.493. The second kappa shape index (κ2) is 6.98. The molecule has 6 heteroatoms. The smallest absolute Gasteiger partial charge is 0.229 e. The summed E-state index contributed by atoms with van der Waals surface area (Å²) in [6.45, 7) is 0. The summed E-state index contributed by atoms with van der Waals surface area (Å²) in [7, 11) is 1.63. The van der Waals surface area contributed by atoms with Gasteiger partial charge in [0, 0.05) is 16.9 Å². The predicted molar refractivity (Wildman–Crippen MR) is 93.0 cm³/mol. The Morgan fingerprint density at radius 1 is 0.957 bits per heavy atom. The van der Waals surface area contributed by atoms with Gasteiger partial charge in [0.05, 0.1) is 12.8 Å². The summed E-state index contributed by atoms with van der Waals surface area (Å²) in [5, 5.41) is 7.04. The highest BCUT2D eigenvalue weighted by Gasteiger charge is 2.04. The first-order valence-corrected chi connectivity index (χ1v) is 7.38. The van der Waals surface area contributed by atoms with Crippen LogP contribution in [0.15, 0.2) is 60.8 Å². The van der Waals surface area contributed by atoms with Crippen molar-refractivity contribution >= 4 is 34.7 Å². The van der Waals surface area contributed by atoms with Crippen LogP contribution in [0.2, 0.25) is 5.02 Å². The van der Waals surface area contributed by atoms with Gasteiger partial charge in [0.25, 0.3) is 0 Å². The van der Waals surface area contributed by atoms with Gasteiger partial charge in [-0.1, -0.05) is 23.7 Å². The molecule has 1 aromatic heterocycles. The molecule has 5 nitrogen and oxygen atoms in total. The molecule has 0 aliphatic carbocycles. The summed E-state index contributed by atoms with van der Waals surface area (Å²) in [6.07, 6.45) is 1.68. The Morgan fingerprint density at radius 2 is 1.74 bits per heavy atom. The number of methoxy groups -OCH3 is 1. The SMILES string of the molecule is COc1ccccc1Nc1ccnc(Nc2ccc(Cl)cc2)n1. The normalized spacial score (nSPS) is 10.2. The molecule has 2 N–H and O–H groups in total. The topological polar surface area (TPSA) is 59.1 Å². The Hall–Kier alpha value is -2.79. The minimum Gasteiger partial charge on any atom is -0.495 e. The molecule has 0 unspecified atom stereocenters. The largest absolute Gasteiger partial charge is 0.495 e. The number of nitrogens with one attached hydrogen (secondary N) is 2. The van der Waals surface area contributed by atoms with Crippen molar-refractivity contribution in [3.05, 3.63) is 65.8 Å². The van der Waals surface area contributed by atoms with Crippen molar-refractivity contribution in [3.63, 3.8) is 0 Å². The van der Waals surface area contributed by atoms with E-state index in [0.717, 1.165) is 17.1 Å². The fourth-order valence-electron chi connectivity index (χ4n) is 2.04. The molecule has 0 aliphatic rings. The number of ether oxygens (including phenoxy) is 1. The zero-order valence-electron chi connectivity index (χ0n) is 12.5. The predicted octanol–water partition coefficient (Wildman–Crippen LogP) is 4.63. The lowest BCUT2D eigenvalue weighted by Gasteiger charge is -2.11. The highest BCUT2D eigenvalue weighted by molar-refractivity contribution is 6.30. The quantitative estimate of drug-likeness (QED) is 0.716. The van der Waals surface area contributed by atoms with Crippen molar-refractivity contribution in [1.29, 1.82) is 0 Å². The van der Waals surface area contributed by atoms with Crippen LogP contribution in [-0.2, 0) is 0 Å². The first kappa shape index (κ1) is 15.1. The number of halogens is 1. The van der Waals surface area contributed by atoms with E-state index in [9.17, 15) is 0 Å². The van der Waals surface area contributed by atoms with Crippen molar-refractivity contribution in [2.75, 3.05) is 17.7 Å². The summed E-state index contributed by atoms with van der Waals surface area (Å²) in [6, 6.07) is 16.8. The van der Waals surface area contributed by atoms with Gasteiger partial charge >= 0.3 is 0 Å². The second-order valence-electron chi connectivity index (χ2n) is 4.72. The third-order valence-corrected chi connectivity index (χ3v) is 3.38. The number of aromatic nitrogens is 2. The average Bonchev–Trinajstić information content (AvgIpc) is 2.58. The van der Waals surface area contributed by atoms with E-state index >= 15 is 0 Å². The molecule has 2 aromatic carbocycles. The van der Waals surface area contributed by atoms with Crippen LogP contribution < -0.4 is 15.4 Å². The monoisotopic (exact) mass is 326 g/mol. The number of nitrogens with zero attached hydrogens (tertiary/aromatic N) is 2. The molecular weight excluding hydrogens is 312 g/mol. The van der Waals surface area contributed by atoms with Gasteiger partial charge in [-0.15, -0.1) is 0 Å². The highest BCUT2D eigenvalue weighted by Crippen LogP contribution is 2.26. The summed E-state index contributed by atoms with van der Waals surface area (Å²) < 4.78 is 5.32. The number of hydrogen-bond donors (Lipinski definition) is 2. The molecule has 3 rings (SSSR count). The summed E-state index contributed by atoms with van der Waals surface area (Å²) in [5.41, 5.74) is 1.70. The first-order chi connectivity index (χ1) is 11.2. The van der Waals surface area contributed by atoms with E-state index in [2.05, 4.69) is 20.6 Å². The summed E-state index contributed by atoms with van der Waals surface area (Å²) >= 11 is 5.88. The molecule has 3 aromatic rings. The standard InChI is InChI=1S/C17H15ClN4O/c1-23-15-5-3-2-4-14(15)21-16-10-11-19-17(22-16)20-13-8-6-12(18)7-9-13/h2-11H,1H3,(H2,19,20,21,22). The molecule has 116 valence electrons. The molecule has 0 spiro atoms. The lowest BCUT2D eigenvalue weighted by molar-refractivity contribution is 0.417. The average molecular weight is 327 g/mol. The molecule has 23 heavy (non-hydrogen) atoms. The number of rotatable bonds is 5. The van der Waals surface area contributed by atoms with Gasteiger partial charge in [-0.25, -0.2) is 4.98 Å². The Kier molecular flexibility index (Phi) is 4.59. The zero-order chi connectivity index (χ0) is 16.1. The van der Waals surface area contributed by atoms with Crippen molar-refractivity contribution < 1.29 is 4.74 Å². The van der Waals surface area contributed by atoms with Crippen LogP contribution in [0.4, 0.5) is 23.1 Å². The van der Waals surface area contributed by atoms with E-state index in [1.807, 2.05) is 36.4 Å². The van der Waals surface area contributed by atoms with Crippen LogP contribution in [0.3, 0.4) is 0 Å². The maximum atomic E-state index is 5.88. The molecule has 1 heterocycles. The van der Waals surface area contributed by atoms with E-state index in [0.29, 0.717) is 16.8 Å². The Balaban J connectivity index is 1.78. The fourth-order valence-corrected chi connectivity index (χ4v) is 2.16. The molecule has 0 saturated heterocycles. The molecule has 0 saturated carbocycles. The van der Waals surface area contributed by atoms with Gasteiger partial charge in [0.15, 0.2) is 0 Å². The van der Waals surface area contributed by atoms with Crippen LogP contribution >= 0.6 is 11.6 Å². The van der Waals surface area contributed by atoms with Gasteiger partial charge in [0.1, 0.15) is 11.6 Å². The number of para-hydroxylation sites is 2. The van der Waals surface area contributed by atoms with E-state index in [4.69, 9.17) is 16.3 Å². The zero-order valence-corrected chi connectivity index (χ0v) is 13.2. The molecule has 0 bridgehead atoms. The number of anilines is 4.